The second-order valence-electron chi connectivity index (χ2n) is 5.63. The number of ether oxygens (including phenoxy) is 1. The van der Waals surface area contributed by atoms with Crippen LogP contribution in [0, 0.1) is 0 Å². The monoisotopic (exact) mass is 350 g/mol. The molecule has 1 aromatic heterocycles. The van der Waals surface area contributed by atoms with Gasteiger partial charge in [-0.15, -0.1) is 0 Å². The fraction of sp³-hybridized carbons (Fsp3) is 0.150. The Hall–Kier alpha value is -3.41. The highest BCUT2D eigenvalue weighted by Crippen LogP contribution is 2.26. The van der Waals surface area contributed by atoms with E-state index in [-0.39, 0.29) is 11.5 Å². The van der Waals surface area contributed by atoms with Gasteiger partial charge in [0.2, 0.25) is 0 Å². The van der Waals surface area contributed by atoms with Crippen molar-refractivity contribution in [1.29, 1.82) is 0 Å². The summed E-state index contributed by atoms with van der Waals surface area (Å²) in [4.78, 5) is 40.2. The van der Waals surface area contributed by atoms with Gasteiger partial charge in [-0.25, -0.2) is 4.79 Å². The number of nitrogens with one attached hydrogen (secondary N) is 1. The molecule has 0 aliphatic rings. The molecule has 1 N–H and O–H groups in total. The topological polar surface area (TPSA) is 79.5 Å². The van der Waals surface area contributed by atoms with Gasteiger partial charge in [0, 0.05) is 18.1 Å². The smallest absolute Gasteiger partial charge is 0.344 e. The number of carbonyl (C=O) groups is 2. The molecule has 0 radical (unpaired) electrons. The first-order chi connectivity index (χ1) is 12.6. The molecule has 3 aromatic rings. The predicted molar refractivity (Wildman–Crippen MR) is 99.3 cm³/mol. The third-order valence-corrected chi connectivity index (χ3v) is 4.04. The average Bonchev–Trinajstić information content (AvgIpc) is 2.67. The summed E-state index contributed by atoms with van der Waals surface area (Å²) in [5.41, 5.74) is 0.0732. The van der Waals surface area contributed by atoms with Gasteiger partial charge in [0.15, 0.2) is 6.61 Å². The molecule has 0 unspecified atom stereocenters. The van der Waals surface area contributed by atoms with Crippen LogP contribution in [0.3, 0.4) is 0 Å². The van der Waals surface area contributed by atoms with Gasteiger partial charge in [-0.05, 0) is 30.5 Å². The van der Waals surface area contributed by atoms with E-state index < -0.39 is 18.1 Å². The number of nitrogens with zero attached hydrogens (tertiary/aromatic N) is 1. The van der Waals surface area contributed by atoms with Crippen molar-refractivity contribution in [3.05, 3.63) is 76.7 Å². The summed E-state index contributed by atoms with van der Waals surface area (Å²) in [5, 5.41) is 1.96. The van der Waals surface area contributed by atoms with Crippen molar-refractivity contribution < 1.29 is 14.3 Å². The number of pyridine rings is 1. The number of fused-ring (bicyclic) bond motifs is 1. The number of benzene rings is 2. The normalized spacial score (nSPS) is 10.5. The highest BCUT2D eigenvalue weighted by molar-refractivity contribution is 6.04. The van der Waals surface area contributed by atoms with E-state index in [2.05, 4.69) is 4.98 Å². The molecule has 1 amide bonds. The Bertz CT molecular complexity index is 1000. The standard InChI is InChI=1S/C20H18N2O4/c1-2-22(17-11-5-8-14-7-3-4-9-15(14)17)18(23)13-26-20(25)16-10-6-12-21-19(16)24/h3-12H,2,13H2,1H3,(H,21,24). The lowest BCUT2D eigenvalue weighted by molar-refractivity contribution is -0.121. The van der Waals surface area contributed by atoms with Crippen LogP contribution in [-0.2, 0) is 9.53 Å². The van der Waals surface area contributed by atoms with Crippen molar-refractivity contribution in [3.8, 4) is 0 Å². The molecule has 2 aromatic carbocycles. The highest BCUT2D eigenvalue weighted by Gasteiger charge is 2.19. The van der Waals surface area contributed by atoms with Gasteiger partial charge in [0.05, 0.1) is 5.69 Å². The van der Waals surface area contributed by atoms with Crippen LogP contribution in [0.4, 0.5) is 5.69 Å². The van der Waals surface area contributed by atoms with Crippen molar-refractivity contribution in [2.75, 3.05) is 18.1 Å². The van der Waals surface area contributed by atoms with Gasteiger partial charge in [-0.2, -0.15) is 0 Å². The third kappa shape index (κ3) is 3.49. The molecule has 3 rings (SSSR count). The Morgan fingerprint density at radius 2 is 1.81 bits per heavy atom. The molecule has 0 bridgehead atoms. The molecule has 26 heavy (non-hydrogen) atoms. The summed E-state index contributed by atoms with van der Waals surface area (Å²) in [6.07, 6.45) is 1.42. The number of likely N-dealkylation sites (N-methyl/N-ethyl adjacent to an activating group) is 1. The Kier molecular flexibility index (Phi) is 5.12. The fourth-order valence-corrected chi connectivity index (χ4v) is 2.79. The lowest BCUT2D eigenvalue weighted by Gasteiger charge is -2.22. The molecule has 0 aliphatic carbocycles. The zero-order chi connectivity index (χ0) is 18.5. The summed E-state index contributed by atoms with van der Waals surface area (Å²) in [7, 11) is 0. The maximum Gasteiger partial charge on any atom is 0.344 e. The van der Waals surface area contributed by atoms with Crippen LogP contribution in [0.5, 0.6) is 0 Å². The average molecular weight is 350 g/mol. The van der Waals surface area contributed by atoms with Crippen molar-refractivity contribution in [3.63, 3.8) is 0 Å². The molecule has 132 valence electrons. The SMILES string of the molecule is CCN(C(=O)COC(=O)c1ccc[nH]c1=O)c1cccc2ccccc12. The molecule has 0 saturated carbocycles. The number of hydrogen-bond acceptors (Lipinski definition) is 4. The Balaban J connectivity index is 1.78. The lowest BCUT2D eigenvalue weighted by atomic mass is 10.1. The molecular weight excluding hydrogens is 332 g/mol. The molecule has 1 heterocycles. The van der Waals surface area contributed by atoms with Gasteiger partial charge in [-0.3, -0.25) is 9.59 Å². The largest absolute Gasteiger partial charge is 0.452 e. The van der Waals surface area contributed by atoms with Gasteiger partial charge in [0.25, 0.3) is 11.5 Å². The minimum atomic E-state index is -0.825. The van der Waals surface area contributed by atoms with Crippen LogP contribution in [0.25, 0.3) is 10.8 Å². The molecule has 6 nitrogen and oxygen atoms in total. The Morgan fingerprint density at radius 1 is 1.04 bits per heavy atom. The fourth-order valence-electron chi connectivity index (χ4n) is 2.79. The van der Waals surface area contributed by atoms with E-state index in [1.807, 2.05) is 49.4 Å². The van der Waals surface area contributed by atoms with Crippen LogP contribution in [0.15, 0.2) is 65.6 Å². The maximum absolute atomic E-state index is 12.6. The highest BCUT2D eigenvalue weighted by atomic mass is 16.5. The second kappa shape index (κ2) is 7.65. The Labute approximate surface area is 150 Å². The molecule has 0 spiro atoms. The van der Waals surface area contributed by atoms with Crippen molar-refractivity contribution in [2.24, 2.45) is 0 Å². The van der Waals surface area contributed by atoms with Crippen LogP contribution in [-0.4, -0.2) is 30.0 Å². The molecular formula is C20H18N2O4. The van der Waals surface area contributed by atoms with Gasteiger partial charge in [0.1, 0.15) is 5.56 Å². The number of esters is 1. The van der Waals surface area contributed by atoms with Crippen molar-refractivity contribution in [1.82, 2.24) is 4.98 Å². The summed E-state index contributed by atoms with van der Waals surface area (Å²) < 4.78 is 5.04. The number of aromatic amines is 1. The van der Waals surface area contributed by atoms with E-state index in [1.165, 1.54) is 18.3 Å². The number of anilines is 1. The number of H-pyrrole nitrogens is 1. The van der Waals surface area contributed by atoms with Gasteiger partial charge >= 0.3 is 5.97 Å². The third-order valence-electron chi connectivity index (χ3n) is 4.04. The van der Waals surface area contributed by atoms with Gasteiger partial charge in [-0.1, -0.05) is 36.4 Å². The molecule has 0 fully saturated rings. The Morgan fingerprint density at radius 3 is 2.58 bits per heavy atom. The minimum Gasteiger partial charge on any atom is -0.452 e. The van der Waals surface area contributed by atoms with Gasteiger partial charge < -0.3 is 14.6 Å². The number of amides is 1. The van der Waals surface area contributed by atoms with E-state index in [9.17, 15) is 14.4 Å². The molecule has 0 saturated heterocycles. The number of hydrogen-bond donors (Lipinski definition) is 1. The zero-order valence-electron chi connectivity index (χ0n) is 14.3. The van der Waals surface area contributed by atoms with Crippen molar-refractivity contribution >= 4 is 28.3 Å². The van der Waals surface area contributed by atoms with Crippen LogP contribution in [0.2, 0.25) is 0 Å². The van der Waals surface area contributed by atoms with E-state index in [0.29, 0.717) is 6.54 Å². The first-order valence-electron chi connectivity index (χ1n) is 8.24. The number of rotatable bonds is 5. The predicted octanol–water partition coefficient (Wildman–Crippen LogP) is 2.74. The lowest BCUT2D eigenvalue weighted by Crippen LogP contribution is -2.35. The molecule has 0 aliphatic heterocycles. The first-order valence-corrected chi connectivity index (χ1v) is 8.24. The maximum atomic E-state index is 12.6. The summed E-state index contributed by atoms with van der Waals surface area (Å²) in [6.45, 7) is 1.84. The van der Waals surface area contributed by atoms with E-state index in [1.54, 1.807) is 4.90 Å². The second-order valence-corrected chi connectivity index (χ2v) is 5.63. The van der Waals surface area contributed by atoms with Crippen LogP contribution < -0.4 is 10.5 Å². The quantitative estimate of drug-likeness (QED) is 0.718. The summed E-state index contributed by atoms with van der Waals surface area (Å²) >= 11 is 0. The summed E-state index contributed by atoms with van der Waals surface area (Å²) in [6, 6.07) is 16.3. The number of aromatic nitrogens is 1. The molecule has 0 atom stereocenters. The van der Waals surface area contributed by atoms with E-state index in [0.717, 1.165) is 16.5 Å². The van der Waals surface area contributed by atoms with Crippen LogP contribution >= 0.6 is 0 Å². The zero-order valence-corrected chi connectivity index (χ0v) is 14.3. The number of carbonyl (C=O) groups excluding carboxylic acids is 2. The summed E-state index contributed by atoms with van der Waals surface area (Å²) in [5.74, 6) is -1.18. The van der Waals surface area contributed by atoms with E-state index >= 15 is 0 Å². The minimum absolute atomic E-state index is 0.131. The first kappa shape index (κ1) is 17.4. The van der Waals surface area contributed by atoms with Crippen molar-refractivity contribution in [2.45, 2.75) is 6.92 Å². The van der Waals surface area contributed by atoms with Crippen LogP contribution in [0.1, 0.15) is 17.3 Å². The van der Waals surface area contributed by atoms with E-state index in [4.69, 9.17) is 4.74 Å². The molecule has 6 heteroatoms.